The summed E-state index contributed by atoms with van der Waals surface area (Å²) in [4.78, 5) is 0. The highest BCUT2D eigenvalue weighted by atomic mass is 32.2. The van der Waals surface area contributed by atoms with Gasteiger partial charge in [-0.25, -0.2) is 4.68 Å². The van der Waals surface area contributed by atoms with Gasteiger partial charge in [-0.2, -0.15) is 0 Å². The lowest BCUT2D eigenvalue weighted by molar-refractivity contribution is 0.426. The maximum Gasteiger partial charge on any atom is 0.209 e. The minimum Gasteiger partial charge on any atom is -0.356 e. The van der Waals surface area contributed by atoms with Crippen LogP contribution in [-0.4, -0.2) is 31.9 Å². The van der Waals surface area contributed by atoms with E-state index in [1.807, 2.05) is 36.4 Å². The van der Waals surface area contributed by atoms with Crippen LogP contribution < -0.4 is 5.73 Å². The van der Waals surface area contributed by atoms with Crippen molar-refractivity contribution in [3.05, 3.63) is 42.1 Å². The third-order valence-corrected chi connectivity index (χ3v) is 3.80. The Bertz CT molecular complexity index is 696. The van der Waals surface area contributed by atoms with E-state index in [0.29, 0.717) is 18.8 Å². The van der Waals surface area contributed by atoms with E-state index >= 15 is 0 Å². The Kier molecular flexibility index (Phi) is 4.27. The van der Waals surface area contributed by atoms with Crippen molar-refractivity contribution in [1.82, 2.24) is 25.4 Å². The van der Waals surface area contributed by atoms with Crippen molar-refractivity contribution in [2.45, 2.75) is 17.5 Å². The van der Waals surface area contributed by atoms with Crippen molar-refractivity contribution in [3.8, 4) is 11.3 Å². The minimum atomic E-state index is 0.501. The van der Waals surface area contributed by atoms with Crippen LogP contribution in [0.4, 0.5) is 0 Å². The van der Waals surface area contributed by atoms with E-state index in [-0.39, 0.29) is 0 Å². The van der Waals surface area contributed by atoms with E-state index in [2.05, 4.69) is 20.7 Å². The molecule has 0 amide bonds. The maximum atomic E-state index is 5.51. The Morgan fingerprint density at radius 2 is 2.10 bits per heavy atom. The van der Waals surface area contributed by atoms with Crippen molar-refractivity contribution in [1.29, 1.82) is 0 Å². The first kappa shape index (κ1) is 13.8. The molecule has 0 radical (unpaired) electrons. The van der Waals surface area contributed by atoms with Crippen LogP contribution in [0, 0.1) is 0 Å². The van der Waals surface area contributed by atoms with Gasteiger partial charge in [-0.1, -0.05) is 47.3 Å². The van der Waals surface area contributed by atoms with Gasteiger partial charge in [-0.3, -0.25) is 0 Å². The van der Waals surface area contributed by atoms with E-state index in [1.54, 1.807) is 4.68 Å². The minimum absolute atomic E-state index is 0.501. The predicted molar refractivity (Wildman–Crippen MR) is 78.4 cm³/mol. The molecule has 0 aliphatic carbocycles. The zero-order valence-electron chi connectivity index (χ0n) is 11.2. The lowest BCUT2D eigenvalue weighted by atomic mass is 10.2. The second-order valence-electron chi connectivity index (χ2n) is 4.31. The Morgan fingerprint density at radius 1 is 1.24 bits per heavy atom. The van der Waals surface area contributed by atoms with E-state index in [0.717, 1.165) is 22.2 Å². The van der Waals surface area contributed by atoms with Crippen LogP contribution in [0.25, 0.3) is 11.3 Å². The Morgan fingerprint density at radius 3 is 2.90 bits per heavy atom. The number of hydrogen-bond acceptors (Lipinski definition) is 7. The monoisotopic (exact) mass is 302 g/mol. The normalized spacial score (nSPS) is 10.9. The standard InChI is InChI=1S/C13H14N6OS/c14-6-7-19-13(15-17-18-19)21-9-11-8-12(20-16-11)10-4-2-1-3-5-10/h1-5,8H,6-7,9,14H2. The summed E-state index contributed by atoms with van der Waals surface area (Å²) in [5.41, 5.74) is 7.37. The Labute approximate surface area is 125 Å². The lowest BCUT2D eigenvalue weighted by Gasteiger charge is -2.00. The molecule has 0 bridgehead atoms. The average Bonchev–Trinajstić information content (AvgIpc) is 3.16. The predicted octanol–water partition coefficient (Wildman–Crippen LogP) is 1.58. The molecule has 2 heterocycles. The van der Waals surface area contributed by atoms with Gasteiger partial charge in [0.25, 0.3) is 0 Å². The topological polar surface area (TPSA) is 95.7 Å². The number of aromatic nitrogens is 5. The second-order valence-corrected chi connectivity index (χ2v) is 5.25. The summed E-state index contributed by atoms with van der Waals surface area (Å²) in [7, 11) is 0. The number of benzene rings is 1. The lowest BCUT2D eigenvalue weighted by Crippen LogP contribution is -2.12. The van der Waals surface area contributed by atoms with Crippen molar-refractivity contribution < 1.29 is 4.52 Å². The van der Waals surface area contributed by atoms with Crippen LogP contribution in [-0.2, 0) is 12.3 Å². The molecule has 8 heteroatoms. The fourth-order valence-corrected chi connectivity index (χ4v) is 2.60. The molecule has 0 spiro atoms. The van der Waals surface area contributed by atoms with Crippen molar-refractivity contribution in [2.24, 2.45) is 5.73 Å². The highest BCUT2D eigenvalue weighted by Gasteiger charge is 2.10. The molecule has 3 rings (SSSR count). The van der Waals surface area contributed by atoms with Crippen LogP contribution >= 0.6 is 11.8 Å². The van der Waals surface area contributed by atoms with Gasteiger partial charge in [0.15, 0.2) is 5.76 Å². The quantitative estimate of drug-likeness (QED) is 0.690. The molecule has 0 aliphatic heterocycles. The van der Waals surface area contributed by atoms with Gasteiger partial charge in [0.2, 0.25) is 5.16 Å². The highest BCUT2D eigenvalue weighted by molar-refractivity contribution is 7.98. The molecule has 2 aromatic heterocycles. The van der Waals surface area contributed by atoms with Crippen molar-refractivity contribution in [2.75, 3.05) is 6.54 Å². The average molecular weight is 302 g/mol. The molecule has 108 valence electrons. The van der Waals surface area contributed by atoms with Crippen molar-refractivity contribution >= 4 is 11.8 Å². The summed E-state index contributed by atoms with van der Waals surface area (Å²) in [6.45, 7) is 1.10. The Hall–Kier alpha value is -2.19. The SMILES string of the molecule is NCCn1nnnc1SCc1cc(-c2ccccc2)on1. The molecular weight excluding hydrogens is 288 g/mol. The molecular formula is C13H14N6OS. The first-order chi connectivity index (χ1) is 10.4. The van der Waals surface area contributed by atoms with Gasteiger partial charge in [-0.15, -0.1) is 5.10 Å². The van der Waals surface area contributed by atoms with E-state index in [4.69, 9.17) is 10.3 Å². The fourth-order valence-electron chi connectivity index (χ4n) is 1.82. The number of rotatable bonds is 6. The highest BCUT2D eigenvalue weighted by Crippen LogP contribution is 2.24. The molecule has 0 aliphatic rings. The smallest absolute Gasteiger partial charge is 0.209 e. The molecule has 0 fully saturated rings. The summed E-state index contributed by atoms with van der Waals surface area (Å²) in [5.74, 6) is 1.40. The summed E-state index contributed by atoms with van der Waals surface area (Å²) >= 11 is 1.50. The summed E-state index contributed by atoms with van der Waals surface area (Å²) < 4.78 is 7.04. The van der Waals surface area contributed by atoms with Crippen LogP contribution in [0.2, 0.25) is 0 Å². The molecule has 1 aromatic carbocycles. The number of nitrogens with zero attached hydrogens (tertiary/aromatic N) is 5. The summed E-state index contributed by atoms with van der Waals surface area (Å²) in [6, 6.07) is 11.8. The van der Waals surface area contributed by atoms with Crippen LogP contribution in [0.5, 0.6) is 0 Å². The fraction of sp³-hybridized carbons (Fsp3) is 0.231. The molecule has 0 atom stereocenters. The zero-order valence-corrected chi connectivity index (χ0v) is 12.0. The largest absolute Gasteiger partial charge is 0.356 e. The summed E-state index contributed by atoms with van der Waals surface area (Å²) in [5, 5.41) is 16.3. The van der Waals surface area contributed by atoms with E-state index in [1.165, 1.54) is 11.8 Å². The van der Waals surface area contributed by atoms with Crippen molar-refractivity contribution in [3.63, 3.8) is 0 Å². The first-order valence-electron chi connectivity index (χ1n) is 6.47. The molecule has 2 N–H and O–H groups in total. The van der Waals surface area contributed by atoms with E-state index in [9.17, 15) is 0 Å². The molecule has 3 aromatic rings. The molecule has 0 saturated carbocycles. The van der Waals surface area contributed by atoms with Crippen LogP contribution in [0.1, 0.15) is 5.69 Å². The summed E-state index contributed by atoms with van der Waals surface area (Å²) in [6.07, 6.45) is 0. The van der Waals surface area contributed by atoms with Crippen LogP contribution in [0.3, 0.4) is 0 Å². The second kappa shape index (κ2) is 6.51. The van der Waals surface area contributed by atoms with Gasteiger partial charge in [-0.05, 0) is 10.4 Å². The molecule has 21 heavy (non-hydrogen) atoms. The maximum absolute atomic E-state index is 5.51. The molecule has 0 saturated heterocycles. The van der Waals surface area contributed by atoms with Gasteiger partial charge < -0.3 is 10.3 Å². The number of thioether (sulfide) groups is 1. The van der Waals surface area contributed by atoms with Crippen LogP contribution in [0.15, 0.2) is 46.1 Å². The Balaban J connectivity index is 1.66. The third-order valence-electron chi connectivity index (χ3n) is 2.81. The molecule has 7 nitrogen and oxygen atoms in total. The van der Waals surface area contributed by atoms with Gasteiger partial charge in [0.1, 0.15) is 0 Å². The van der Waals surface area contributed by atoms with Gasteiger partial charge in [0.05, 0.1) is 12.2 Å². The number of tetrazole rings is 1. The van der Waals surface area contributed by atoms with E-state index < -0.39 is 0 Å². The van der Waals surface area contributed by atoms with Gasteiger partial charge >= 0.3 is 0 Å². The number of nitrogens with two attached hydrogens (primary N) is 1. The third kappa shape index (κ3) is 3.29. The molecule has 0 unspecified atom stereocenters. The first-order valence-corrected chi connectivity index (χ1v) is 7.45. The van der Waals surface area contributed by atoms with Gasteiger partial charge in [0, 0.05) is 23.9 Å². The zero-order chi connectivity index (χ0) is 14.5. The number of hydrogen-bond donors (Lipinski definition) is 1.